The number of carbonyl (C=O) groups is 4. The highest BCUT2D eigenvalue weighted by Gasteiger charge is 2.41. The number of nitrogens with zero attached hydrogens (tertiary/aromatic N) is 2. The van der Waals surface area contributed by atoms with E-state index in [0.717, 1.165) is 0 Å². The van der Waals surface area contributed by atoms with Crippen molar-refractivity contribution >= 4 is 23.5 Å². The monoisotopic (exact) mass is 321 g/mol. The van der Waals surface area contributed by atoms with Gasteiger partial charge in [-0.15, -0.1) is 0 Å². The van der Waals surface area contributed by atoms with Gasteiger partial charge in [-0.25, -0.2) is 0 Å². The maximum atomic E-state index is 12.6. The fourth-order valence-corrected chi connectivity index (χ4v) is 3.11. The largest absolute Gasteiger partial charge is 0.481 e. The van der Waals surface area contributed by atoms with Gasteiger partial charge in [0.05, 0.1) is 13.1 Å². The Bertz CT molecular complexity index is 625. The van der Waals surface area contributed by atoms with Crippen LogP contribution in [0.2, 0.25) is 0 Å². The van der Waals surface area contributed by atoms with Crippen molar-refractivity contribution in [3.8, 4) is 0 Å². The van der Waals surface area contributed by atoms with Gasteiger partial charge in [0.25, 0.3) is 5.91 Å². The van der Waals surface area contributed by atoms with E-state index in [1.807, 2.05) is 0 Å². The number of ether oxygens (including phenoxy) is 1. The quantitative estimate of drug-likeness (QED) is 0.655. The van der Waals surface area contributed by atoms with Gasteiger partial charge in [-0.2, -0.15) is 0 Å². The highest BCUT2D eigenvalue weighted by Crippen LogP contribution is 2.26. The summed E-state index contributed by atoms with van der Waals surface area (Å²) in [6.07, 6.45) is 1.43. The number of hydrogen-bond donors (Lipinski definition) is 1. The lowest BCUT2D eigenvalue weighted by atomic mass is 9.98. The summed E-state index contributed by atoms with van der Waals surface area (Å²) in [6.45, 7) is 4.20. The minimum atomic E-state index is -0.725. The first-order valence-electron chi connectivity index (χ1n) is 7.57. The Labute approximate surface area is 133 Å². The number of hydrogen-bond acceptors (Lipinski definition) is 5. The molecule has 124 valence electrons. The second-order valence-electron chi connectivity index (χ2n) is 6.59. The molecule has 8 nitrogen and oxygen atoms in total. The van der Waals surface area contributed by atoms with E-state index in [2.05, 4.69) is 5.32 Å². The minimum absolute atomic E-state index is 0.000233. The Balaban J connectivity index is 1.75. The van der Waals surface area contributed by atoms with Crippen LogP contribution in [0.3, 0.4) is 0 Å². The summed E-state index contributed by atoms with van der Waals surface area (Å²) in [4.78, 5) is 51.0. The summed E-state index contributed by atoms with van der Waals surface area (Å²) in [7, 11) is 0. The molecule has 0 bridgehead atoms. The number of rotatable bonds is 1. The molecule has 0 radical (unpaired) electrons. The van der Waals surface area contributed by atoms with E-state index in [9.17, 15) is 19.2 Å². The van der Waals surface area contributed by atoms with Gasteiger partial charge >= 0.3 is 0 Å². The van der Waals surface area contributed by atoms with E-state index < -0.39 is 17.6 Å². The molecule has 23 heavy (non-hydrogen) atoms. The highest BCUT2D eigenvalue weighted by molar-refractivity contribution is 6.02. The summed E-state index contributed by atoms with van der Waals surface area (Å²) in [5.74, 6) is -0.990. The molecule has 0 spiro atoms. The van der Waals surface area contributed by atoms with Crippen LogP contribution in [0.4, 0.5) is 0 Å². The molecule has 3 aliphatic rings. The molecule has 3 rings (SSSR count). The molecule has 3 aliphatic heterocycles. The molecule has 0 saturated carbocycles. The van der Waals surface area contributed by atoms with E-state index >= 15 is 0 Å². The van der Waals surface area contributed by atoms with Crippen molar-refractivity contribution in [3.05, 3.63) is 11.8 Å². The molecule has 3 heterocycles. The molecule has 2 saturated heterocycles. The van der Waals surface area contributed by atoms with Crippen LogP contribution < -0.4 is 5.32 Å². The van der Waals surface area contributed by atoms with Crippen LogP contribution in [0.5, 0.6) is 0 Å². The third-order valence-electron chi connectivity index (χ3n) is 4.19. The molecule has 3 amide bonds. The van der Waals surface area contributed by atoms with Crippen LogP contribution in [0.25, 0.3) is 0 Å². The zero-order valence-electron chi connectivity index (χ0n) is 13.1. The van der Waals surface area contributed by atoms with Crippen molar-refractivity contribution < 1.29 is 23.9 Å². The molecular weight excluding hydrogens is 302 g/mol. The van der Waals surface area contributed by atoms with E-state index in [-0.39, 0.29) is 42.9 Å². The lowest BCUT2D eigenvalue weighted by molar-refractivity contribution is -0.153. The average molecular weight is 321 g/mol. The molecule has 0 unspecified atom stereocenters. The van der Waals surface area contributed by atoms with Crippen LogP contribution >= 0.6 is 0 Å². The molecule has 8 heteroatoms. The van der Waals surface area contributed by atoms with Gasteiger partial charge in [0.1, 0.15) is 11.6 Å². The number of ketones is 1. The predicted molar refractivity (Wildman–Crippen MR) is 78.0 cm³/mol. The van der Waals surface area contributed by atoms with Crippen molar-refractivity contribution in [2.75, 3.05) is 26.2 Å². The van der Waals surface area contributed by atoms with E-state index in [1.54, 1.807) is 13.8 Å². The van der Waals surface area contributed by atoms with E-state index in [0.29, 0.717) is 13.1 Å². The highest BCUT2D eigenvalue weighted by atomic mass is 16.5. The fraction of sp³-hybridized carbons (Fsp3) is 0.600. The lowest BCUT2D eigenvalue weighted by Gasteiger charge is -2.43. The molecule has 2 fully saturated rings. The first-order chi connectivity index (χ1) is 10.8. The number of fused-ring (bicyclic) bond motifs is 1. The molecule has 0 aromatic carbocycles. The number of nitrogens with one attached hydrogen (secondary N) is 1. The van der Waals surface area contributed by atoms with Crippen molar-refractivity contribution in [2.45, 2.75) is 31.9 Å². The Hall–Kier alpha value is -2.38. The second-order valence-corrected chi connectivity index (χ2v) is 6.59. The van der Waals surface area contributed by atoms with Crippen LogP contribution in [0.15, 0.2) is 11.8 Å². The third-order valence-corrected chi connectivity index (χ3v) is 4.19. The Kier molecular flexibility index (Phi) is 3.62. The van der Waals surface area contributed by atoms with Crippen LogP contribution in [0, 0.1) is 0 Å². The van der Waals surface area contributed by atoms with Crippen LogP contribution in [-0.2, 0) is 23.9 Å². The summed E-state index contributed by atoms with van der Waals surface area (Å²) >= 11 is 0. The Morgan fingerprint density at radius 1 is 1.30 bits per heavy atom. The van der Waals surface area contributed by atoms with E-state index in [1.165, 1.54) is 15.9 Å². The SMILES string of the molecule is CC1(C)CC(=O)C=C(C(=O)N2CCN3C(=O)CNC(=O)[C@@H]3C2)O1. The van der Waals surface area contributed by atoms with Gasteiger partial charge in [-0.05, 0) is 13.8 Å². The molecule has 0 aromatic rings. The molecule has 1 N–H and O–H groups in total. The van der Waals surface area contributed by atoms with E-state index in [4.69, 9.17) is 4.74 Å². The number of piperazine rings is 2. The predicted octanol–water partition coefficient (Wildman–Crippen LogP) is -1.19. The Morgan fingerprint density at radius 3 is 2.74 bits per heavy atom. The van der Waals surface area contributed by atoms with Crippen molar-refractivity contribution in [3.63, 3.8) is 0 Å². The van der Waals surface area contributed by atoms with Gasteiger partial charge < -0.3 is 19.9 Å². The maximum Gasteiger partial charge on any atom is 0.289 e. The maximum absolute atomic E-state index is 12.6. The first-order valence-corrected chi connectivity index (χ1v) is 7.57. The number of amides is 3. The van der Waals surface area contributed by atoms with Gasteiger partial charge in [-0.3, -0.25) is 19.2 Å². The summed E-state index contributed by atoms with van der Waals surface area (Å²) < 4.78 is 5.61. The molecule has 1 atom stereocenters. The third kappa shape index (κ3) is 2.93. The van der Waals surface area contributed by atoms with Gasteiger partial charge in [0, 0.05) is 25.6 Å². The zero-order chi connectivity index (χ0) is 16.8. The molecule has 0 aromatic heterocycles. The number of allylic oxidation sites excluding steroid dienone is 1. The van der Waals surface area contributed by atoms with Crippen molar-refractivity contribution in [2.24, 2.45) is 0 Å². The van der Waals surface area contributed by atoms with Crippen molar-refractivity contribution in [1.29, 1.82) is 0 Å². The second kappa shape index (κ2) is 5.36. The summed E-state index contributed by atoms with van der Waals surface area (Å²) in [5.41, 5.74) is -0.725. The van der Waals surface area contributed by atoms with Crippen LogP contribution in [0.1, 0.15) is 20.3 Å². The standard InChI is InChI=1S/C15H19N3O5/c1-15(2)6-9(19)5-11(23-15)14(22)17-3-4-18-10(8-17)13(21)16-7-12(18)20/h5,10H,3-4,6-8H2,1-2H3,(H,16,21)/t10-/m0/s1. The van der Waals surface area contributed by atoms with Gasteiger partial charge in [0.2, 0.25) is 11.8 Å². The van der Waals surface area contributed by atoms with Crippen LogP contribution in [-0.4, -0.2) is 71.1 Å². The number of carbonyl (C=O) groups excluding carboxylic acids is 4. The molecular formula is C15H19N3O5. The normalized spacial score (nSPS) is 27.0. The Morgan fingerprint density at radius 2 is 2.04 bits per heavy atom. The molecule has 0 aliphatic carbocycles. The fourth-order valence-electron chi connectivity index (χ4n) is 3.11. The average Bonchev–Trinajstić information content (AvgIpc) is 2.48. The smallest absolute Gasteiger partial charge is 0.289 e. The summed E-state index contributed by atoms with van der Waals surface area (Å²) in [6, 6.07) is -0.679. The summed E-state index contributed by atoms with van der Waals surface area (Å²) in [5, 5.41) is 2.52. The first kappa shape index (κ1) is 15.5. The minimum Gasteiger partial charge on any atom is -0.481 e. The topological polar surface area (TPSA) is 96.0 Å². The van der Waals surface area contributed by atoms with Gasteiger partial charge in [0.15, 0.2) is 11.5 Å². The van der Waals surface area contributed by atoms with Gasteiger partial charge in [-0.1, -0.05) is 0 Å². The van der Waals surface area contributed by atoms with Crippen molar-refractivity contribution in [1.82, 2.24) is 15.1 Å². The lowest BCUT2D eigenvalue weighted by Crippen LogP contribution is -2.66. The zero-order valence-corrected chi connectivity index (χ0v) is 13.1.